The Kier molecular flexibility index (Phi) is 5.73. The molecule has 2 aromatic carbocycles. The van der Waals surface area contributed by atoms with Crippen LogP contribution in [0.4, 0.5) is 0 Å². The summed E-state index contributed by atoms with van der Waals surface area (Å²) in [5.41, 5.74) is 0.566. The van der Waals surface area contributed by atoms with Crippen molar-refractivity contribution in [3.8, 4) is 17.2 Å². The summed E-state index contributed by atoms with van der Waals surface area (Å²) < 4.78 is 50.0. The lowest BCUT2D eigenvalue weighted by atomic mass is 10.1. The number of sulfonamides is 1. The van der Waals surface area contributed by atoms with Gasteiger partial charge in [-0.15, -0.1) is 0 Å². The maximum atomic E-state index is 13.5. The lowest BCUT2D eigenvalue weighted by molar-refractivity contribution is 0.0925. The fraction of sp³-hybridized carbons (Fsp3) is 0.348. The molecule has 0 unspecified atom stereocenters. The molecule has 5 rings (SSSR count). The minimum atomic E-state index is -3.89. The van der Waals surface area contributed by atoms with Gasteiger partial charge in [-0.1, -0.05) is 0 Å². The van der Waals surface area contributed by atoms with Crippen molar-refractivity contribution in [2.24, 2.45) is 0 Å². The van der Waals surface area contributed by atoms with Crippen molar-refractivity contribution in [1.82, 2.24) is 9.29 Å². The minimum absolute atomic E-state index is 0.0893. The van der Waals surface area contributed by atoms with Crippen LogP contribution in [-0.4, -0.2) is 50.9 Å². The van der Waals surface area contributed by atoms with Gasteiger partial charge in [0.2, 0.25) is 16.8 Å². The van der Waals surface area contributed by atoms with Crippen molar-refractivity contribution in [2.45, 2.75) is 30.4 Å². The SMILES string of the molecule is COc1ccc(S(=O)(=O)N(Cc2cc3cc4c(cc3[nH]c2=O)OCO4)C[C@H]2CCCO2)cc1. The maximum Gasteiger partial charge on any atom is 0.252 e. The predicted octanol–water partition coefficient (Wildman–Crippen LogP) is 2.64. The number of rotatable bonds is 7. The molecule has 33 heavy (non-hydrogen) atoms. The number of methoxy groups -OCH3 is 1. The van der Waals surface area contributed by atoms with Crippen LogP contribution in [0.15, 0.2) is 52.2 Å². The Hall–Kier alpha value is -3.08. The molecule has 174 valence electrons. The highest BCUT2D eigenvalue weighted by Gasteiger charge is 2.30. The van der Waals surface area contributed by atoms with E-state index in [4.69, 9.17) is 18.9 Å². The third-order valence-corrected chi connectivity index (χ3v) is 7.72. The van der Waals surface area contributed by atoms with Crippen molar-refractivity contribution in [2.75, 3.05) is 27.1 Å². The van der Waals surface area contributed by atoms with Crippen LogP contribution < -0.4 is 19.8 Å². The van der Waals surface area contributed by atoms with Crippen LogP contribution in [0, 0.1) is 0 Å². The number of fused-ring (bicyclic) bond motifs is 2. The smallest absolute Gasteiger partial charge is 0.252 e. The lowest BCUT2D eigenvalue weighted by Crippen LogP contribution is -2.38. The number of hydrogen-bond acceptors (Lipinski definition) is 7. The summed E-state index contributed by atoms with van der Waals surface area (Å²) in [7, 11) is -2.37. The van der Waals surface area contributed by atoms with E-state index in [0.717, 1.165) is 18.2 Å². The fourth-order valence-electron chi connectivity index (χ4n) is 4.11. The number of H-pyrrole nitrogens is 1. The average molecular weight is 473 g/mol. The number of benzene rings is 2. The highest BCUT2D eigenvalue weighted by atomic mass is 32.2. The van der Waals surface area contributed by atoms with Crippen LogP contribution in [0.25, 0.3) is 10.9 Å². The van der Waals surface area contributed by atoms with Gasteiger partial charge in [0.15, 0.2) is 11.5 Å². The van der Waals surface area contributed by atoms with Gasteiger partial charge in [0.25, 0.3) is 5.56 Å². The van der Waals surface area contributed by atoms with Crippen LogP contribution in [-0.2, 0) is 21.3 Å². The van der Waals surface area contributed by atoms with E-state index in [2.05, 4.69) is 4.98 Å². The molecule has 3 heterocycles. The van der Waals surface area contributed by atoms with Gasteiger partial charge in [-0.25, -0.2) is 8.42 Å². The Morgan fingerprint density at radius 3 is 2.58 bits per heavy atom. The number of aromatic nitrogens is 1. The van der Waals surface area contributed by atoms with Gasteiger partial charge in [-0.05, 0) is 49.2 Å². The molecule has 1 fully saturated rings. The Labute approximate surface area is 190 Å². The second kappa shape index (κ2) is 8.69. The number of hydrogen-bond donors (Lipinski definition) is 1. The summed E-state index contributed by atoms with van der Waals surface area (Å²) in [5.74, 6) is 1.71. The summed E-state index contributed by atoms with van der Waals surface area (Å²) in [4.78, 5) is 15.8. The monoisotopic (exact) mass is 472 g/mol. The fourth-order valence-corrected chi connectivity index (χ4v) is 5.56. The van der Waals surface area contributed by atoms with Crippen LogP contribution in [0.1, 0.15) is 18.4 Å². The van der Waals surface area contributed by atoms with Crippen LogP contribution in [0.5, 0.6) is 17.2 Å². The van der Waals surface area contributed by atoms with E-state index < -0.39 is 10.0 Å². The highest BCUT2D eigenvalue weighted by molar-refractivity contribution is 7.89. The molecule has 0 spiro atoms. The molecule has 1 saturated heterocycles. The first-order chi connectivity index (χ1) is 15.9. The van der Waals surface area contributed by atoms with Crippen molar-refractivity contribution in [3.05, 3.63) is 58.4 Å². The van der Waals surface area contributed by atoms with Crippen LogP contribution in [0.2, 0.25) is 0 Å². The van der Waals surface area contributed by atoms with Crippen LogP contribution in [0.3, 0.4) is 0 Å². The van der Waals surface area contributed by atoms with Gasteiger partial charge in [-0.2, -0.15) is 4.31 Å². The van der Waals surface area contributed by atoms with E-state index >= 15 is 0 Å². The van der Waals surface area contributed by atoms with Gasteiger partial charge in [0.1, 0.15) is 5.75 Å². The Morgan fingerprint density at radius 1 is 1.12 bits per heavy atom. The zero-order valence-corrected chi connectivity index (χ0v) is 18.9. The first-order valence-corrected chi connectivity index (χ1v) is 12.1. The standard InChI is InChI=1S/C23H24N2O7S/c1-29-17-4-6-19(7-5-17)33(27,28)25(13-18-3-2-8-30-18)12-16-9-15-10-21-22(32-14-31-21)11-20(15)24-23(16)26/h4-7,9-11,18H,2-3,8,12-14H2,1H3,(H,24,26)/t18-/m1/s1. The summed E-state index contributed by atoms with van der Waals surface area (Å²) in [5, 5.41) is 0.729. The molecule has 0 saturated carbocycles. The maximum absolute atomic E-state index is 13.5. The molecule has 0 bridgehead atoms. The first-order valence-electron chi connectivity index (χ1n) is 10.7. The number of nitrogens with one attached hydrogen (secondary N) is 1. The van der Waals surface area contributed by atoms with Crippen molar-refractivity contribution >= 4 is 20.9 Å². The van der Waals surface area contributed by atoms with Gasteiger partial charge in [-0.3, -0.25) is 4.79 Å². The lowest BCUT2D eigenvalue weighted by Gasteiger charge is -2.25. The van der Waals surface area contributed by atoms with Gasteiger partial charge in [0, 0.05) is 36.7 Å². The molecule has 3 aromatic rings. The normalized spacial score (nSPS) is 17.7. The van der Waals surface area contributed by atoms with E-state index in [-0.39, 0.29) is 36.4 Å². The predicted molar refractivity (Wildman–Crippen MR) is 120 cm³/mol. The average Bonchev–Trinajstić information content (AvgIpc) is 3.49. The van der Waals surface area contributed by atoms with Crippen LogP contribution >= 0.6 is 0 Å². The molecule has 9 nitrogen and oxygen atoms in total. The summed E-state index contributed by atoms with van der Waals surface area (Å²) in [6, 6.07) is 11.4. The molecule has 10 heteroatoms. The van der Waals surface area contributed by atoms with E-state index in [0.29, 0.717) is 34.9 Å². The molecule has 1 atom stereocenters. The summed E-state index contributed by atoms with van der Waals surface area (Å²) >= 11 is 0. The molecule has 0 amide bonds. The highest BCUT2D eigenvalue weighted by Crippen LogP contribution is 2.35. The van der Waals surface area contributed by atoms with E-state index in [1.807, 2.05) is 0 Å². The van der Waals surface area contributed by atoms with Gasteiger partial charge in [0.05, 0.1) is 23.6 Å². The molecule has 1 N–H and O–H groups in total. The van der Waals surface area contributed by atoms with Crippen molar-refractivity contribution in [1.29, 1.82) is 0 Å². The van der Waals surface area contributed by atoms with E-state index in [1.54, 1.807) is 30.3 Å². The Morgan fingerprint density at radius 2 is 1.88 bits per heavy atom. The second-order valence-corrected chi connectivity index (χ2v) is 9.96. The molecule has 1 aromatic heterocycles. The second-order valence-electron chi connectivity index (χ2n) is 8.02. The number of ether oxygens (including phenoxy) is 4. The topological polar surface area (TPSA) is 107 Å². The first kappa shape index (κ1) is 21.7. The van der Waals surface area contributed by atoms with Gasteiger partial charge >= 0.3 is 0 Å². The molecule has 0 radical (unpaired) electrons. The quantitative estimate of drug-likeness (QED) is 0.563. The molecular formula is C23H24N2O7S. The number of nitrogens with zero attached hydrogens (tertiary/aromatic N) is 1. The third-order valence-electron chi connectivity index (χ3n) is 5.89. The summed E-state index contributed by atoms with van der Waals surface area (Å²) in [6.07, 6.45) is 1.43. The largest absolute Gasteiger partial charge is 0.497 e. The van der Waals surface area contributed by atoms with Gasteiger partial charge < -0.3 is 23.9 Å². The molecule has 2 aliphatic rings. The van der Waals surface area contributed by atoms with E-state index in [1.165, 1.54) is 23.5 Å². The molecule has 2 aliphatic heterocycles. The van der Waals surface area contributed by atoms with Crippen molar-refractivity contribution in [3.63, 3.8) is 0 Å². The summed E-state index contributed by atoms with van der Waals surface area (Å²) in [6.45, 7) is 0.795. The zero-order valence-electron chi connectivity index (χ0n) is 18.1. The van der Waals surface area contributed by atoms with E-state index in [9.17, 15) is 13.2 Å². The minimum Gasteiger partial charge on any atom is -0.497 e. The Balaban J connectivity index is 1.51. The molecular weight excluding hydrogens is 448 g/mol. The zero-order chi connectivity index (χ0) is 23.0. The Bertz CT molecular complexity index is 1330. The van der Waals surface area contributed by atoms with Crippen molar-refractivity contribution < 1.29 is 27.4 Å². The third kappa shape index (κ3) is 4.29. The number of pyridine rings is 1. The molecule has 0 aliphatic carbocycles. The number of aromatic amines is 1.